The molecule has 1 aliphatic heterocycles. The van der Waals surface area contributed by atoms with Crippen LogP contribution < -0.4 is 0 Å². The monoisotopic (exact) mass is 208 g/mol. The van der Waals surface area contributed by atoms with Crippen molar-refractivity contribution >= 4 is 14.1 Å². The third-order valence-electron chi connectivity index (χ3n) is 3.50. The van der Waals surface area contributed by atoms with Gasteiger partial charge in [-0.05, 0) is 19.3 Å². The summed E-state index contributed by atoms with van der Waals surface area (Å²) in [5.74, 6) is 0. The molecule has 1 saturated heterocycles. The summed E-state index contributed by atoms with van der Waals surface area (Å²) in [5, 5.41) is 3.10. The van der Waals surface area contributed by atoms with Crippen LogP contribution in [0.15, 0.2) is 10.5 Å². The van der Waals surface area contributed by atoms with Crippen molar-refractivity contribution in [3.8, 4) is 0 Å². The lowest BCUT2D eigenvalue weighted by Crippen LogP contribution is -2.07. The van der Waals surface area contributed by atoms with E-state index in [-0.39, 0.29) is 14.1 Å². The number of allylic oxidation sites excluding steroid dienone is 2. The Morgan fingerprint density at radius 3 is 2.79 bits per heavy atom. The quantitative estimate of drug-likeness (QED) is 0.437. The minimum atomic E-state index is -0.373. The maximum atomic E-state index is 2.61. The third-order valence-corrected chi connectivity index (χ3v) is 7.16. The average molecular weight is 208 g/mol. The molecule has 0 nitrogen and oxygen atoms in total. The van der Waals surface area contributed by atoms with Crippen LogP contribution in [0, 0.1) is 0 Å². The van der Waals surface area contributed by atoms with Crippen molar-refractivity contribution in [2.75, 3.05) is 0 Å². The highest BCUT2D eigenvalue weighted by atomic mass is 27.2. The molecule has 0 atom stereocenters. The van der Waals surface area contributed by atoms with Gasteiger partial charge in [-0.25, -0.2) is 0 Å². The Hall–Kier alpha value is 0.272. The van der Waals surface area contributed by atoms with E-state index in [2.05, 4.69) is 19.9 Å². The molecule has 0 aromatic heterocycles. The molecule has 0 unspecified atom stereocenters. The van der Waals surface area contributed by atoms with E-state index in [9.17, 15) is 0 Å². The van der Waals surface area contributed by atoms with Crippen LogP contribution >= 0.6 is 0 Å². The number of hydrogen-bond donors (Lipinski definition) is 0. The molecule has 1 rings (SSSR count). The lowest BCUT2D eigenvalue weighted by atomic mass is 10.1. The second-order valence-electron chi connectivity index (χ2n) is 4.63. The molecule has 0 aromatic rings. The van der Waals surface area contributed by atoms with Crippen LogP contribution in [0.5, 0.6) is 0 Å². The lowest BCUT2D eigenvalue weighted by Gasteiger charge is -2.03. The Balaban J connectivity index is 2.16. The molecule has 1 heterocycles. The third kappa shape index (κ3) is 4.20. The van der Waals surface area contributed by atoms with Gasteiger partial charge in [0.15, 0.2) is 0 Å². The fourth-order valence-corrected chi connectivity index (χ4v) is 5.65. The van der Waals surface area contributed by atoms with Gasteiger partial charge in [0.2, 0.25) is 0 Å². The molecule has 0 bridgehead atoms. The minimum absolute atomic E-state index is 0.373. The first-order valence-corrected chi connectivity index (χ1v) is 8.78. The highest BCUT2D eigenvalue weighted by molar-refractivity contribution is 6.67. The van der Waals surface area contributed by atoms with E-state index in [0.29, 0.717) is 0 Å². The molecule has 1 fully saturated rings. The van der Waals surface area contributed by atoms with Gasteiger partial charge in [0, 0.05) is 0 Å². The highest BCUT2D eigenvalue weighted by Gasteiger charge is 2.24. The fourth-order valence-electron chi connectivity index (χ4n) is 2.54. The van der Waals surface area contributed by atoms with Gasteiger partial charge < -0.3 is 0 Å². The summed E-state index contributed by atoms with van der Waals surface area (Å²) in [6.45, 7) is 4.68. The van der Waals surface area contributed by atoms with Gasteiger partial charge in [-0.3, -0.25) is 0 Å². The van der Waals surface area contributed by atoms with Crippen molar-refractivity contribution < 1.29 is 0 Å². The Bertz CT molecular complexity index is 172. The van der Waals surface area contributed by atoms with E-state index >= 15 is 0 Å². The molecule has 0 aliphatic carbocycles. The summed E-state index contributed by atoms with van der Waals surface area (Å²) >= 11 is -0.373. The van der Waals surface area contributed by atoms with Gasteiger partial charge >= 0.3 is 0 Å². The summed E-state index contributed by atoms with van der Waals surface area (Å²) in [4.78, 5) is 0. The topological polar surface area (TPSA) is 0 Å². The van der Waals surface area contributed by atoms with Gasteiger partial charge in [-0.2, -0.15) is 0 Å². The van der Waals surface area contributed by atoms with E-state index in [1.165, 1.54) is 50.2 Å². The first-order valence-electron chi connectivity index (χ1n) is 6.57. The zero-order chi connectivity index (χ0) is 10.2. The van der Waals surface area contributed by atoms with Crippen LogP contribution in [0.25, 0.3) is 0 Å². The van der Waals surface area contributed by atoms with Gasteiger partial charge in [0.05, 0.1) is 0 Å². The molecule has 0 amide bonds. The zero-order valence-corrected chi connectivity index (χ0v) is 11.2. The summed E-state index contributed by atoms with van der Waals surface area (Å²) in [6.07, 6.45) is 12.6. The molecule has 80 valence electrons. The molecule has 0 spiro atoms. The van der Waals surface area contributed by atoms with E-state index in [0.717, 1.165) is 0 Å². The molecule has 0 N–H and O–H groups in total. The average Bonchev–Trinajstić information content (AvgIpc) is 2.65. The first-order chi connectivity index (χ1) is 6.88. The van der Waals surface area contributed by atoms with E-state index in [4.69, 9.17) is 0 Å². The second-order valence-corrected chi connectivity index (χ2v) is 8.16. The molecule has 1 aliphatic rings. The summed E-state index contributed by atoms with van der Waals surface area (Å²) in [7, 11) is 0. The number of unbranched alkanes of at least 4 members (excludes halogenated alkanes) is 4. The second kappa shape index (κ2) is 7.55. The van der Waals surface area contributed by atoms with Crippen LogP contribution in [0.2, 0.25) is 10.6 Å². The van der Waals surface area contributed by atoms with Gasteiger partial charge in [-0.1, -0.05) is 50.1 Å². The highest BCUT2D eigenvalue weighted by Crippen LogP contribution is 2.27. The molecular formula is C13H25Al. The zero-order valence-electron chi connectivity index (χ0n) is 10.0. The Morgan fingerprint density at radius 1 is 1.21 bits per heavy atom. The van der Waals surface area contributed by atoms with Gasteiger partial charge in [-0.15, -0.1) is 10.5 Å². The van der Waals surface area contributed by atoms with Crippen molar-refractivity contribution in [2.45, 2.75) is 69.4 Å². The SMILES string of the molecule is CCCCCCC=[C]1CC[CH2][Al]1[CH2]C. The summed E-state index contributed by atoms with van der Waals surface area (Å²) in [5.41, 5.74) is 0. The molecule has 0 aromatic carbocycles. The Morgan fingerprint density at radius 2 is 2.07 bits per heavy atom. The van der Waals surface area contributed by atoms with E-state index in [1.54, 1.807) is 5.28 Å². The standard InChI is InChI=1S/C11H20.C2H5.Al/c1-3-5-7-9-11-10-8-6-4-2;1-2;/h9H,1,3-6,8,10-11H2,2H3;1H2,2H3;. The van der Waals surface area contributed by atoms with Crippen LogP contribution in [-0.2, 0) is 0 Å². The van der Waals surface area contributed by atoms with Crippen molar-refractivity contribution in [3.63, 3.8) is 0 Å². The largest absolute Gasteiger partial charge is 0.298 e. The Labute approximate surface area is 94.2 Å². The van der Waals surface area contributed by atoms with Crippen molar-refractivity contribution in [1.29, 1.82) is 0 Å². The lowest BCUT2D eigenvalue weighted by molar-refractivity contribution is 0.673. The molecular weight excluding hydrogens is 183 g/mol. The predicted octanol–water partition coefficient (Wildman–Crippen LogP) is 4.73. The van der Waals surface area contributed by atoms with Crippen molar-refractivity contribution in [1.82, 2.24) is 0 Å². The van der Waals surface area contributed by atoms with Gasteiger partial charge in [0.1, 0.15) is 0 Å². The normalized spacial score (nSPS) is 19.6. The Kier molecular flexibility index (Phi) is 6.66. The van der Waals surface area contributed by atoms with Crippen molar-refractivity contribution in [2.24, 2.45) is 0 Å². The van der Waals surface area contributed by atoms with Crippen LogP contribution in [0.4, 0.5) is 0 Å². The summed E-state index contributed by atoms with van der Waals surface area (Å²) < 4.78 is 1.92. The van der Waals surface area contributed by atoms with Crippen LogP contribution in [0.1, 0.15) is 58.8 Å². The predicted molar refractivity (Wildman–Crippen MR) is 67.1 cm³/mol. The van der Waals surface area contributed by atoms with E-state index in [1.807, 2.05) is 4.44 Å². The summed E-state index contributed by atoms with van der Waals surface area (Å²) in [6, 6.07) is 0. The molecule has 14 heavy (non-hydrogen) atoms. The maximum Gasteiger partial charge on any atom is 0.298 e. The minimum Gasteiger partial charge on any atom is -0.134 e. The molecule has 0 radical (unpaired) electrons. The fraction of sp³-hybridized carbons (Fsp3) is 0.846. The van der Waals surface area contributed by atoms with Crippen LogP contribution in [-0.4, -0.2) is 14.1 Å². The van der Waals surface area contributed by atoms with Gasteiger partial charge in [0.25, 0.3) is 14.1 Å². The molecule has 1 heteroatoms. The number of rotatable bonds is 6. The number of hydrogen-bond acceptors (Lipinski definition) is 0. The maximum absolute atomic E-state index is 2.61. The molecule has 0 saturated carbocycles. The van der Waals surface area contributed by atoms with Crippen LogP contribution in [0.3, 0.4) is 0 Å². The van der Waals surface area contributed by atoms with E-state index < -0.39 is 0 Å². The van der Waals surface area contributed by atoms with Crippen molar-refractivity contribution in [3.05, 3.63) is 10.5 Å². The smallest absolute Gasteiger partial charge is 0.134 e. The first kappa shape index (κ1) is 12.3.